The summed E-state index contributed by atoms with van der Waals surface area (Å²) in [4.78, 5) is 11.8. The zero-order valence-electron chi connectivity index (χ0n) is 8.72. The molecule has 0 saturated heterocycles. The molecular weight excluding hydrogens is 254 g/mol. The molecule has 0 bridgehead atoms. The van der Waals surface area contributed by atoms with Gasteiger partial charge in [0.2, 0.25) is 0 Å². The number of halogens is 1. The Hall–Kier alpha value is -0.830. The zero-order chi connectivity index (χ0) is 10.8. The van der Waals surface area contributed by atoms with Crippen LogP contribution in [0.5, 0.6) is 0 Å². The second-order valence-electron chi connectivity index (χ2n) is 4.07. The molecule has 80 valence electrons. The first kappa shape index (κ1) is 10.7. The number of hydrogen-bond donors (Lipinski definition) is 1. The minimum absolute atomic E-state index is 0.0420. The molecule has 0 aromatic heterocycles. The highest BCUT2D eigenvalue weighted by Crippen LogP contribution is 2.20. The molecule has 1 fully saturated rings. The average Bonchev–Trinajstić information content (AvgIpc) is 2.15. The van der Waals surface area contributed by atoms with Crippen molar-refractivity contribution < 1.29 is 4.79 Å². The number of rotatable bonds is 2. The lowest BCUT2D eigenvalue weighted by molar-refractivity contribution is 0.0917. The number of benzene rings is 1. The van der Waals surface area contributed by atoms with E-state index < -0.39 is 0 Å². The van der Waals surface area contributed by atoms with Crippen LogP contribution in [-0.4, -0.2) is 11.9 Å². The third kappa shape index (κ3) is 2.40. The highest BCUT2D eigenvalue weighted by Gasteiger charge is 2.20. The first-order valence-electron chi connectivity index (χ1n) is 5.24. The van der Waals surface area contributed by atoms with Crippen LogP contribution in [0.15, 0.2) is 22.7 Å². The van der Waals surface area contributed by atoms with Crippen LogP contribution in [0.4, 0.5) is 0 Å². The zero-order valence-corrected chi connectivity index (χ0v) is 10.3. The molecule has 1 aliphatic rings. The molecule has 1 N–H and O–H groups in total. The summed E-state index contributed by atoms with van der Waals surface area (Å²) in [6.07, 6.45) is 3.49. The van der Waals surface area contributed by atoms with Crippen molar-refractivity contribution >= 4 is 21.8 Å². The van der Waals surface area contributed by atoms with Crippen molar-refractivity contribution in [1.82, 2.24) is 5.32 Å². The summed E-state index contributed by atoms with van der Waals surface area (Å²) in [7, 11) is 0. The van der Waals surface area contributed by atoms with Crippen molar-refractivity contribution in [1.29, 1.82) is 0 Å². The molecule has 1 aliphatic carbocycles. The van der Waals surface area contributed by atoms with E-state index in [4.69, 9.17) is 0 Å². The van der Waals surface area contributed by atoms with Gasteiger partial charge in [-0.25, -0.2) is 0 Å². The van der Waals surface area contributed by atoms with Crippen molar-refractivity contribution in [2.45, 2.75) is 32.2 Å². The topological polar surface area (TPSA) is 29.1 Å². The number of aryl methyl sites for hydroxylation is 1. The Bertz CT molecular complexity index is 385. The van der Waals surface area contributed by atoms with E-state index in [2.05, 4.69) is 21.2 Å². The Morgan fingerprint density at radius 2 is 2.20 bits per heavy atom. The minimum atomic E-state index is 0.0420. The number of nitrogens with one attached hydrogen (secondary N) is 1. The van der Waals surface area contributed by atoms with Crippen LogP contribution >= 0.6 is 15.9 Å². The normalized spacial score (nSPS) is 15.9. The molecule has 1 amide bonds. The van der Waals surface area contributed by atoms with Crippen LogP contribution in [0.25, 0.3) is 0 Å². The van der Waals surface area contributed by atoms with E-state index in [1.807, 2.05) is 25.1 Å². The van der Waals surface area contributed by atoms with Gasteiger partial charge in [-0.05, 0) is 43.9 Å². The smallest absolute Gasteiger partial charge is 0.251 e. The summed E-state index contributed by atoms with van der Waals surface area (Å²) in [6.45, 7) is 2.01. The Kier molecular flexibility index (Phi) is 3.10. The van der Waals surface area contributed by atoms with Gasteiger partial charge in [0, 0.05) is 16.1 Å². The van der Waals surface area contributed by atoms with Crippen molar-refractivity contribution in [3.63, 3.8) is 0 Å². The van der Waals surface area contributed by atoms with Gasteiger partial charge in [-0.1, -0.05) is 22.0 Å². The van der Waals surface area contributed by atoms with Crippen LogP contribution in [0.3, 0.4) is 0 Å². The molecule has 0 spiro atoms. The molecular formula is C12H14BrNO. The quantitative estimate of drug-likeness (QED) is 0.877. The lowest BCUT2D eigenvalue weighted by Crippen LogP contribution is -2.39. The fourth-order valence-corrected chi connectivity index (χ4v) is 1.93. The van der Waals surface area contributed by atoms with E-state index in [1.165, 1.54) is 6.42 Å². The Morgan fingerprint density at radius 1 is 1.47 bits per heavy atom. The van der Waals surface area contributed by atoms with Gasteiger partial charge in [0.1, 0.15) is 0 Å². The SMILES string of the molecule is Cc1ccc(C(=O)NC2CCC2)cc1Br. The Balaban J connectivity index is 2.07. The summed E-state index contributed by atoms with van der Waals surface area (Å²) >= 11 is 3.43. The number of amides is 1. The van der Waals surface area contributed by atoms with Gasteiger partial charge in [0.15, 0.2) is 0 Å². The summed E-state index contributed by atoms with van der Waals surface area (Å²) in [5, 5.41) is 3.02. The first-order chi connectivity index (χ1) is 7.16. The molecule has 0 unspecified atom stereocenters. The fraction of sp³-hybridized carbons (Fsp3) is 0.417. The van der Waals surface area contributed by atoms with Crippen molar-refractivity contribution in [2.24, 2.45) is 0 Å². The van der Waals surface area contributed by atoms with Crippen LogP contribution in [-0.2, 0) is 0 Å². The highest BCUT2D eigenvalue weighted by molar-refractivity contribution is 9.10. The standard InChI is InChI=1S/C12H14BrNO/c1-8-5-6-9(7-11(8)13)12(15)14-10-3-2-4-10/h5-7,10H,2-4H2,1H3,(H,14,15). The maximum Gasteiger partial charge on any atom is 0.251 e. The third-order valence-electron chi connectivity index (χ3n) is 2.87. The monoisotopic (exact) mass is 267 g/mol. The van der Waals surface area contributed by atoms with Gasteiger partial charge in [-0.3, -0.25) is 4.79 Å². The van der Waals surface area contributed by atoms with Gasteiger partial charge < -0.3 is 5.32 Å². The molecule has 0 radical (unpaired) electrons. The predicted molar refractivity (Wildman–Crippen MR) is 64.0 cm³/mol. The molecule has 0 heterocycles. The molecule has 3 heteroatoms. The maximum atomic E-state index is 11.8. The summed E-state index contributed by atoms with van der Waals surface area (Å²) < 4.78 is 0.990. The summed E-state index contributed by atoms with van der Waals surface area (Å²) in [6, 6.07) is 6.11. The van der Waals surface area contributed by atoms with Crippen LogP contribution in [0, 0.1) is 6.92 Å². The maximum absolute atomic E-state index is 11.8. The van der Waals surface area contributed by atoms with Crippen LogP contribution in [0.2, 0.25) is 0 Å². The molecule has 1 saturated carbocycles. The van der Waals surface area contributed by atoms with Gasteiger partial charge in [0.25, 0.3) is 5.91 Å². The Labute approximate surface area is 98.2 Å². The van der Waals surface area contributed by atoms with E-state index >= 15 is 0 Å². The van der Waals surface area contributed by atoms with E-state index in [-0.39, 0.29) is 5.91 Å². The van der Waals surface area contributed by atoms with Crippen molar-refractivity contribution in [3.05, 3.63) is 33.8 Å². The molecule has 0 atom stereocenters. The van der Waals surface area contributed by atoms with Crippen molar-refractivity contribution in [2.75, 3.05) is 0 Å². The van der Waals surface area contributed by atoms with E-state index in [9.17, 15) is 4.79 Å². The molecule has 0 aliphatic heterocycles. The Morgan fingerprint density at radius 3 is 2.73 bits per heavy atom. The highest BCUT2D eigenvalue weighted by atomic mass is 79.9. The molecule has 2 rings (SSSR count). The lowest BCUT2D eigenvalue weighted by atomic mass is 9.93. The molecule has 15 heavy (non-hydrogen) atoms. The summed E-state index contributed by atoms with van der Waals surface area (Å²) in [5.41, 5.74) is 1.88. The lowest BCUT2D eigenvalue weighted by Gasteiger charge is -2.26. The van der Waals surface area contributed by atoms with E-state index in [1.54, 1.807) is 0 Å². The third-order valence-corrected chi connectivity index (χ3v) is 3.73. The second-order valence-corrected chi connectivity index (χ2v) is 4.92. The van der Waals surface area contributed by atoms with Gasteiger partial charge in [0.05, 0.1) is 0 Å². The molecule has 1 aromatic carbocycles. The summed E-state index contributed by atoms with van der Waals surface area (Å²) in [5.74, 6) is 0.0420. The first-order valence-corrected chi connectivity index (χ1v) is 6.03. The number of hydrogen-bond acceptors (Lipinski definition) is 1. The second kappa shape index (κ2) is 4.35. The average molecular weight is 268 g/mol. The largest absolute Gasteiger partial charge is 0.349 e. The van der Waals surface area contributed by atoms with E-state index in [0.29, 0.717) is 6.04 Å². The minimum Gasteiger partial charge on any atom is -0.349 e. The molecule has 2 nitrogen and oxygen atoms in total. The fourth-order valence-electron chi connectivity index (χ4n) is 1.56. The number of carbonyl (C=O) groups is 1. The van der Waals surface area contributed by atoms with Gasteiger partial charge in [-0.2, -0.15) is 0 Å². The number of carbonyl (C=O) groups excluding carboxylic acids is 1. The van der Waals surface area contributed by atoms with Gasteiger partial charge in [-0.15, -0.1) is 0 Å². The van der Waals surface area contributed by atoms with Crippen LogP contribution < -0.4 is 5.32 Å². The van der Waals surface area contributed by atoms with Crippen LogP contribution in [0.1, 0.15) is 35.2 Å². The van der Waals surface area contributed by atoms with Gasteiger partial charge >= 0.3 is 0 Å². The van der Waals surface area contributed by atoms with E-state index in [0.717, 1.165) is 28.4 Å². The molecule has 1 aromatic rings. The predicted octanol–water partition coefficient (Wildman–Crippen LogP) is 3.04. The van der Waals surface area contributed by atoms with Crippen molar-refractivity contribution in [3.8, 4) is 0 Å².